The van der Waals surface area contributed by atoms with Crippen LogP contribution < -0.4 is 5.73 Å². The molecule has 114 valence electrons. The third-order valence-electron chi connectivity index (χ3n) is 3.62. The number of aromatic nitrogens is 3. The van der Waals surface area contributed by atoms with Crippen molar-refractivity contribution in [2.75, 3.05) is 0 Å². The number of thioether (sulfide) groups is 1. The second-order valence-electron chi connectivity index (χ2n) is 5.73. The lowest BCUT2D eigenvalue weighted by atomic mass is 10.0. The maximum atomic E-state index is 5.74. The van der Waals surface area contributed by atoms with E-state index in [1.54, 1.807) is 11.8 Å². The van der Waals surface area contributed by atoms with E-state index in [1.807, 2.05) is 0 Å². The number of nitrogens with two attached hydrogens (primary N) is 1. The van der Waals surface area contributed by atoms with E-state index >= 15 is 0 Å². The molecule has 0 atom stereocenters. The van der Waals surface area contributed by atoms with Gasteiger partial charge in [-0.2, -0.15) is 0 Å². The Balaban J connectivity index is 2.23. The van der Waals surface area contributed by atoms with E-state index in [0.29, 0.717) is 12.6 Å². The number of rotatable bonds is 5. The lowest BCUT2D eigenvalue weighted by Crippen LogP contribution is -2.11. The molecule has 5 heteroatoms. The molecule has 1 aromatic carbocycles. The summed E-state index contributed by atoms with van der Waals surface area (Å²) in [6.45, 7) is 11.2. The molecule has 0 saturated carbocycles. The normalized spacial score (nSPS) is 11.4. The molecule has 0 aliphatic heterocycles. The molecule has 0 bridgehead atoms. The van der Waals surface area contributed by atoms with Crippen molar-refractivity contribution in [2.45, 2.75) is 58.1 Å². The molecule has 0 radical (unpaired) electrons. The molecule has 1 heterocycles. The van der Waals surface area contributed by atoms with Gasteiger partial charge in [0.15, 0.2) is 5.16 Å². The van der Waals surface area contributed by atoms with Crippen LogP contribution in [0.2, 0.25) is 0 Å². The van der Waals surface area contributed by atoms with Crippen LogP contribution in [0.5, 0.6) is 0 Å². The molecule has 0 aliphatic rings. The molecule has 2 N–H and O–H groups in total. The highest BCUT2D eigenvalue weighted by Gasteiger charge is 2.15. The molecule has 0 amide bonds. The van der Waals surface area contributed by atoms with Gasteiger partial charge in [0.2, 0.25) is 0 Å². The van der Waals surface area contributed by atoms with Gasteiger partial charge in [-0.25, -0.2) is 0 Å². The first-order valence-electron chi connectivity index (χ1n) is 7.27. The number of nitrogens with zero attached hydrogens (tertiary/aromatic N) is 3. The van der Waals surface area contributed by atoms with E-state index in [0.717, 1.165) is 16.7 Å². The summed E-state index contributed by atoms with van der Waals surface area (Å²) >= 11 is 1.73. The highest BCUT2D eigenvalue weighted by molar-refractivity contribution is 7.98. The first kappa shape index (κ1) is 16.0. The topological polar surface area (TPSA) is 56.7 Å². The summed E-state index contributed by atoms with van der Waals surface area (Å²) in [6, 6.07) is 4.80. The van der Waals surface area contributed by atoms with Gasteiger partial charge < -0.3 is 10.3 Å². The SMILES string of the molecule is Cc1cc(C)c(CSc2nnc(CN)n2C(C)C)c(C)c1. The third-order valence-corrected chi connectivity index (χ3v) is 4.59. The Hall–Kier alpha value is -1.33. The Morgan fingerprint density at radius 1 is 1.14 bits per heavy atom. The van der Waals surface area contributed by atoms with Gasteiger partial charge in [-0.1, -0.05) is 29.5 Å². The molecule has 4 nitrogen and oxygen atoms in total. The minimum atomic E-state index is 0.321. The maximum Gasteiger partial charge on any atom is 0.191 e. The van der Waals surface area contributed by atoms with Crippen LogP contribution in [-0.4, -0.2) is 14.8 Å². The Bertz CT molecular complexity index is 608. The predicted octanol–water partition coefficient (Wildman–Crippen LogP) is 3.54. The van der Waals surface area contributed by atoms with Crippen molar-refractivity contribution in [1.82, 2.24) is 14.8 Å². The van der Waals surface area contributed by atoms with Crippen LogP contribution in [0.1, 0.15) is 48.0 Å². The fraction of sp³-hybridized carbons (Fsp3) is 0.500. The van der Waals surface area contributed by atoms with Gasteiger partial charge in [-0.15, -0.1) is 10.2 Å². The van der Waals surface area contributed by atoms with Crippen LogP contribution in [0.25, 0.3) is 0 Å². The number of benzene rings is 1. The number of hydrogen-bond acceptors (Lipinski definition) is 4. The van der Waals surface area contributed by atoms with Gasteiger partial charge in [0.1, 0.15) is 5.82 Å². The van der Waals surface area contributed by atoms with E-state index < -0.39 is 0 Å². The van der Waals surface area contributed by atoms with E-state index in [9.17, 15) is 0 Å². The fourth-order valence-electron chi connectivity index (χ4n) is 2.64. The minimum Gasteiger partial charge on any atom is -0.324 e. The van der Waals surface area contributed by atoms with Crippen molar-refractivity contribution >= 4 is 11.8 Å². The summed E-state index contributed by atoms with van der Waals surface area (Å²) in [7, 11) is 0. The van der Waals surface area contributed by atoms with Crippen LogP contribution in [-0.2, 0) is 12.3 Å². The van der Waals surface area contributed by atoms with Crippen LogP contribution >= 0.6 is 11.8 Å². The summed E-state index contributed by atoms with van der Waals surface area (Å²) in [4.78, 5) is 0. The molecule has 0 unspecified atom stereocenters. The Morgan fingerprint density at radius 3 is 2.29 bits per heavy atom. The molecule has 1 aromatic heterocycles. The monoisotopic (exact) mass is 304 g/mol. The van der Waals surface area contributed by atoms with Gasteiger partial charge in [0, 0.05) is 11.8 Å². The van der Waals surface area contributed by atoms with Crippen LogP contribution in [0.3, 0.4) is 0 Å². The maximum absolute atomic E-state index is 5.74. The molecule has 0 saturated heterocycles. The molecule has 0 spiro atoms. The summed E-state index contributed by atoms with van der Waals surface area (Å²) < 4.78 is 2.13. The zero-order valence-electron chi connectivity index (χ0n) is 13.5. The standard InChI is InChI=1S/C16H24N4S/c1-10(2)20-15(8-17)18-19-16(20)21-9-14-12(4)6-11(3)7-13(14)5/h6-7,10H,8-9,17H2,1-5H3. The lowest BCUT2D eigenvalue weighted by Gasteiger charge is -2.14. The van der Waals surface area contributed by atoms with Gasteiger partial charge in [-0.3, -0.25) is 0 Å². The molecule has 0 fully saturated rings. The van der Waals surface area contributed by atoms with Crippen molar-refractivity contribution in [2.24, 2.45) is 5.73 Å². The molecular formula is C16H24N4S. The minimum absolute atomic E-state index is 0.321. The van der Waals surface area contributed by atoms with Gasteiger partial charge in [0.25, 0.3) is 0 Å². The molecule has 2 aromatic rings. The van der Waals surface area contributed by atoms with Gasteiger partial charge in [0.05, 0.1) is 6.54 Å². The summed E-state index contributed by atoms with van der Waals surface area (Å²) in [5.41, 5.74) is 11.1. The zero-order chi connectivity index (χ0) is 15.6. The summed E-state index contributed by atoms with van der Waals surface area (Å²) in [5.74, 6) is 1.76. The van der Waals surface area contributed by atoms with Crippen molar-refractivity contribution in [1.29, 1.82) is 0 Å². The zero-order valence-corrected chi connectivity index (χ0v) is 14.3. The predicted molar refractivity (Wildman–Crippen MR) is 88.5 cm³/mol. The van der Waals surface area contributed by atoms with Gasteiger partial charge in [-0.05, 0) is 51.3 Å². The average molecular weight is 304 g/mol. The molecule has 21 heavy (non-hydrogen) atoms. The fourth-order valence-corrected chi connectivity index (χ4v) is 3.92. The van der Waals surface area contributed by atoms with Crippen molar-refractivity contribution < 1.29 is 0 Å². The Labute approximate surface area is 131 Å². The summed E-state index contributed by atoms with van der Waals surface area (Å²) in [5, 5.41) is 9.44. The third kappa shape index (κ3) is 3.47. The van der Waals surface area contributed by atoms with E-state index in [2.05, 4.69) is 61.5 Å². The van der Waals surface area contributed by atoms with Crippen LogP contribution in [0, 0.1) is 20.8 Å². The van der Waals surface area contributed by atoms with E-state index in [-0.39, 0.29) is 0 Å². The van der Waals surface area contributed by atoms with Gasteiger partial charge >= 0.3 is 0 Å². The van der Waals surface area contributed by atoms with Crippen LogP contribution in [0.15, 0.2) is 17.3 Å². The first-order chi connectivity index (χ1) is 9.93. The van der Waals surface area contributed by atoms with E-state index in [4.69, 9.17) is 5.73 Å². The second-order valence-corrected chi connectivity index (χ2v) is 6.68. The first-order valence-corrected chi connectivity index (χ1v) is 8.26. The molecule has 0 aliphatic carbocycles. The van der Waals surface area contributed by atoms with Crippen LogP contribution in [0.4, 0.5) is 0 Å². The smallest absolute Gasteiger partial charge is 0.191 e. The Kier molecular flexibility index (Phi) is 5.06. The van der Waals surface area contributed by atoms with Crippen molar-refractivity contribution in [3.63, 3.8) is 0 Å². The van der Waals surface area contributed by atoms with E-state index in [1.165, 1.54) is 22.3 Å². The highest BCUT2D eigenvalue weighted by atomic mass is 32.2. The summed E-state index contributed by atoms with van der Waals surface area (Å²) in [6.07, 6.45) is 0. The molecular weight excluding hydrogens is 280 g/mol. The lowest BCUT2D eigenvalue weighted by molar-refractivity contribution is 0.526. The highest BCUT2D eigenvalue weighted by Crippen LogP contribution is 2.28. The quantitative estimate of drug-likeness (QED) is 0.858. The largest absolute Gasteiger partial charge is 0.324 e. The van der Waals surface area contributed by atoms with Crippen molar-refractivity contribution in [3.8, 4) is 0 Å². The molecule has 2 rings (SSSR count). The second kappa shape index (κ2) is 6.62. The average Bonchev–Trinajstić information content (AvgIpc) is 2.80. The van der Waals surface area contributed by atoms with Crippen molar-refractivity contribution in [3.05, 3.63) is 40.2 Å². The Morgan fingerprint density at radius 2 is 1.76 bits per heavy atom. The number of hydrogen-bond donors (Lipinski definition) is 1. The number of aryl methyl sites for hydroxylation is 3.